The SMILES string of the molecule is CC(C)(CNc1nn2cc(-c3ccc(F)cc3)nc2s1)NS(C)(=O)=O. The molecule has 0 atom stereocenters. The van der Waals surface area contributed by atoms with Crippen LogP contribution in [-0.2, 0) is 10.0 Å². The van der Waals surface area contributed by atoms with E-state index in [2.05, 4.69) is 20.1 Å². The van der Waals surface area contributed by atoms with E-state index in [-0.39, 0.29) is 5.82 Å². The average molecular weight is 383 g/mol. The number of aromatic nitrogens is 3. The van der Waals surface area contributed by atoms with Crippen molar-refractivity contribution in [3.8, 4) is 11.3 Å². The minimum Gasteiger partial charge on any atom is -0.358 e. The lowest BCUT2D eigenvalue weighted by molar-refractivity contribution is 0.476. The molecule has 0 bridgehead atoms. The Bertz CT molecular complexity index is 961. The molecule has 134 valence electrons. The van der Waals surface area contributed by atoms with E-state index in [9.17, 15) is 12.8 Å². The Hall–Kier alpha value is -2.04. The molecule has 0 aliphatic rings. The lowest BCUT2D eigenvalue weighted by Crippen LogP contribution is -2.47. The molecule has 2 N–H and O–H groups in total. The third kappa shape index (κ3) is 4.53. The minimum absolute atomic E-state index is 0.292. The Balaban J connectivity index is 1.72. The highest BCUT2D eigenvalue weighted by atomic mass is 32.2. The number of rotatable bonds is 6. The maximum absolute atomic E-state index is 13.0. The van der Waals surface area contributed by atoms with Crippen molar-refractivity contribution in [2.45, 2.75) is 19.4 Å². The smallest absolute Gasteiger partial charge is 0.214 e. The molecule has 1 aromatic carbocycles. The molecule has 3 aromatic rings. The van der Waals surface area contributed by atoms with Crippen molar-refractivity contribution in [1.29, 1.82) is 0 Å². The van der Waals surface area contributed by atoms with Gasteiger partial charge >= 0.3 is 0 Å². The van der Waals surface area contributed by atoms with E-state index >= 15 is 0 Å². The van der Waals surface area contributed by atoms with Gasteiger partial charge in [-0.3, -0.25) is 0 Å². The van der Waals surface area contributed by atoms with Gasteiger partial charge < -0.3 is 5.32 Å². The zero-order chi connectivity index (χ0) is 18.2. The van der Waals surface area contributed by atoms with Crippen LogP contribution in [0.3, 0.4) is 0 Å². The van der Waals surface area contributed by atoms with Gasteiger partial charge in [0.2, 0.25) is 20.1 Å². The van der Waals surface area contributed by atoms with Crippen molar-refractivity contribution in [2.75, 3.05) is 18.1 Å². The first kappa shape index (κ1) is 17.8. The van der Waals surface area contributed by atoms with Crippen LogP contribution < -0.4 is 10.0 Å². The summed E-state index contributed by atoms with van der Waals surface area (Å²) in [4.78, 5) is 5.17. The van der Waals surface area contributed by atoms with E-state index in [1.54, 1.807) is 36.7 Å². The molecular formula is C15H18FN5O2S2. The summed E-state index contributed by atoms with van der Waals surface area (Å²) in [6, 6.07) is 6.11. The highest BCUT2D eigenvalue weighted by Gasteiger charge is 2.22. The summed E-state index contributed by atoms with van der Waals surface area (Å²) in [7, 11) is -3.29. The maximum Gasteiger partial charge on any atom is 0.214 e. The fraction of sp³-hybridized carbons (Fsp3) is 0.333. The summed E-state index contributed by atoms with van der Waals surface area (Å²) in [5.74, 6) is -0.292. The normalized spacial score (nSPS) is 12.6. The summed E-state index contributed by atoms with van der Waals surface area (Å²) >= 11 is 1.35. The van der Waals surface area contributed by atoms with Crippen LogP contribution in [0.2, 0.25) is 0 Å². The number of nitrogens with zero attached hydrogens (tertiary/aromatic N) is 3. The first-order valence-corrected chi connectivity index (χ1v) is 10.2. The molecular weight excluding hydrogens is 365 g/mol. The molecule has 0 aliphatic carbocycles. The quantitative estimate of drug-likeness (QED) is 0.682. The zero-order valence-electron chi connectivity index (χ0n) is 13.9. The third-order valence-corrected chi connectivity index (χ3v) is 5.13. The molecule has 2 aromatic heterocycles. The van der Waals surface area contributed by atoms with Gasteiger partial charge in [-0.15, -0.1) is 5.10 Å². The van der Waals surface area contributed by atoms with Crippen LogP contribution in [0.5, 0.6) is 0 Å². The molecule has 0 radical (unpaired) electrons. The summed E-state index contributed by atoms with van der Waals surface area (Å²) < 4.78 is 39.9. The average Bonchev–Trinajstić information content (AvgIpc) is 3.01. The second-order valence-corrected chi connectivity index (χ2v) is 9.08. The summed E-state index contributed by atoms with van der Waals surface area (Å²) in [5, 5.41) is 8.14. The van der Waals surface area contributed by atoms with Gasteiger partial charge in [0.25, 0.3) is 0 Å². The second-order valence-electron chi connectivity index (χ2n) is 6.38. The molecule has 0 saturated heterocycles. The van der Waals surface area contributed by atoms with Crippen molar-refractivity contribution in [1.82, 2.24) is 19.3 Å². The van der Waals surface area contributed by atoms with Crippen LogP contribution in [0.1, 0.15) is 13.8 Å². The molecule has 0 amide bonds. The number of fused-ring (bicyclic) bond motifs is 1. The number of imidazole rings is 1. The fourth-order valence-electron chi connectivity index (χ4n) is 2.37. The van der Waals surface area contributed by atoms with Crippen LogP contribution in [0.4, 0.5) is 9.52 Å². The van der Waals surface area contributed by atoms with Crippen molar-refractivity contribution < 1.29 is 12.8 Å². The van der Waals surface area contributed by atoms with Gasteiger partial charge in [-0.05, 0) is 38.1 Å². The van der Waals surface area contributed by atoms with E-state index in [1.165, 1.54) is 23.5 Å². The molecule has 0 unspecified atom stereocenters. The van der Waals surface area contributed by atoms with E-state index in [4.69, 9.17) is 0 Å². The van der Waals surface area contributed by atoms with Crippen molar-refractivity contribution in [2.24, 2.45) is 0 Å². The molecule has 0 spiro atoms. The number of sulfonamides is 1. The van der Waals surface area contributed by atoms with E-state index < -0.39 is 15.6 Å². The van der Waals surface area contributed by atoms with Gasteiger partial charge in [0.05, 0.1) is 18.1 Å². The van der Waals surface area contributed by atoms with Gasteiger partial charge in [-0.25, -0.2) is 27.0 Å². The van der Waals surface area contributed by atoms with Gasteiger partial charge in [0.15, 0.2) is 0 Å². The van der Waals surface area contributed by atoms with Gasteiger partial charge in [0.1, 0.15) is 5.82 Å². The predicted octanol–water partition coefficient (Wildman–Crippen LogP) is 2.34. The molecule has 7 nitrogen and oxygen atoms in total. The Labute approximate surface area is 149 Å². The van der Waals surface area contributed by atoms with Crippen molar-refractivity contribution in [3.05, 3.63) is 36.3 Å². The lowest BCUT2D eigenvalue weighted by Gasteiger charge is -2.24. The molecule has 3 rings (SSSR count). The Morgan fingerprint density at radius 3 is 2.56 bits per heavy atom. The molecule has 0 fully saturated rings. The van der Waals surface area contributed by atoms with E-state index in [0.29, 0.717) is 22.3 Å². The second kappa shape index (κ2) is 6.36. The highest BCUT2D eigenvalue weighted by molar-refractivity contribution is 7.88. The first-order chi connectivity index (χ1) is 11.6. The van der Waals surface area contributed by atoms with Crippen LogP contribution >= 0.6 is 11.3 Å². The number of nitrogens with one attached hydrogen (secondary N) is 2. The maximum atomic E-state index is 13.0. The van der Waals surface area contributed by atoms with Crippen LogP contribution in [0.25, 0.3) is 16.2 Å². The number of hydrogen-bond donors (Lipinski definition) is 2. The monoisotopic (exact) mass is 383 g/mol. The van der Waals surface area contributed by atoms with Crippen LogP contribution in [0, 0.1) is 5.82 Å². The number of anilines is 1. The summed E-state index contributed by atoms with van der Waals surface area (Å²) in [6.07, 6.45) is 2.90. The number of benzene rings is 1. The van der Waals surface area contributed by atoms with E-state index in [1.807, 2.05) is 0 Å². The van der Waals surface area contributed by atoms with Crippen molar-refractivity contribution in [3.63, 3.8) is 0 Å². The number of halogens is 1. The Kier molecular flexibility index (Phi) is 4.52. The topological polar surface area (TPSA) is 88.4 Å². The molecule has 10 heteroatoms. The van der Waals surface area contributed by atoms with Gasteiger partial charge in [-0.1, -0.05) is 11.3 Å². The summed E-state index contributed by atoms with van der Waals surface area (Å²) in [5.41, 5.74) is 0.872. The van der Waals surface area contributed by atoms with Crippen LogP contribution in [0.15, 0.2) is 30.5 Å². The van der Waals surface area contributed by atoms with Gasteiger partial charge in [0, 0.05) is 17.6 Å². The van der Waals surface area contributed by atoms with Crippen LogP contribution in [-0.4, -0.2) is 41.4 Å². The molecule has 25 heavy (non-hydrogen) atoms. The third-order valence-electron chi connectivity index (χ3n) is 3.33. The largest absolute Gasteiger partial charge is 0.358 e. The molecule has 0 saturated carbocycles. The summed E-state index contributed by atoms with van der Waals surface area (Å²) in [6.45, 7) is 3.94. The molecule has 2 heterocycles. The first-order valence-electron chi connectivity index (χ1n) is 7.46. The minimum atomic E-state index is -3.29. The standard InChI is InChI=1S/C15H18FN5O2S2/c1-15(2,20-25(3,22)23)9-17-13-19-21-8-12(18-14(21)24-13)10-4-6-11(16)7-5-10/h4-8,20H,9H2,1-3H3,(H,17,19). The van der Waals surface area contributed by atoms with E-state index in [0.717, 1.165) is 11.8 Å². The fourth-order valence-corrected chi connectivity index (χ4v) is 4.22. The highest BCUT2D eigenvalue weighted by Crippen LogP contribution is 2.25. The molecule has 0 aliphatic heterocycles. The number of hydrogen-bond acceptors (Lipinski definition) is 6. The Morgan fingerprint density at radius 1 is 1.28 bits per heavy atom. The van der Waals surface area contributed by atoms with Crippen molar-refractivity contribution >= 4 is 31.5 Å². The van der Waals surface area contributed by atoms with Gasteiger partial charge in [-0.2, -0.15) is 0 Å². The predicted molar refractivity (Wildman–Crippen MR) is 96.8 cm³/mol. The lowest BCUT2D eigenvalue weighted by atomic mass is 10.1. The zero-order valence-corrected chi connectivity index (χ0v) is 15.6. The Morgan fingerprint density at radius 2 is 1.96 bits per heavy atom.